The first-order valence-electron chi connectivity index (χ1n) is 9.03. The van der Waals surface area contributed by atoms with Gasteiger partial charge in [-0.05, 0) is 61.0 Å². The standard InChI is InChI=1S/C23H18FN3OS/c1-15-3-2-4-20(13-15)26-23-27-21(14-29-23)16-7-11-19(12-8-16)25-22(28)17-5-9-18(24)10-6-17/h2-14H,1H3,(H,25,28)(H,26,27). The van der Waals surface area contributed by atoms with E-state index in [1.165, 1.54) is 41.2 Å². The molecule has 0 radical (unpaired) electrons. The molecule has 0 unspecified atom stereocenters. The molecule has 1 aromatic heterocycles. The molecule has 0 bridgehead atoms. The van der Waals surface area contributed by atoms with Gasteiger partial charge in [0.25, 0.3) is 5.91 Å². The number of hydrogen-bond acceptors (Lipinski definition) is 4. The van der Waals surface area contributed by atoms with Gasteiger partial charge in [-0.2, -0.15) is 0 Å². The zero-order chi connectivity index (χ0) is 20.2. The predicted molar refractivity (Wildman–Crippen MR) is 116 cm³/mol. The number of nitrogens with one attached hydrogen (secondary N) is 2. The van der Waals surface area contributed by atoms with Crippen molar-refractivity contribution in [1.29, 1.82) is 0 Å². The number of benzene rings is 3. The van der Waals surface area contributed by atoms with Crippen LogP contribution in [-0.2, 0) is 0 Å². The molecule has 0 saturated carbocycles. The quantitative estimate of drug-likeness (QED) is 0.414. The Morgan fingerprint density at radius 2 is 1.72 bits per heavy atom. The predicted octanol–water partition coefficient (Wildman–Crippen LogP) is 6.25. The van der Waals surface area contributed by atoms with Gasteiger partial charge in [-0.25, -0.2) is 9.37 Å². The molecule has 29 heavy (non-hydrogen) atoms. The molecule has 0 spiro atoms. The Kier molecular flexibility index (Phi) is 5.35. The zero-order valence-electron chi connectivity index (χ0n) is 15.6. The summed E-state index contributed by atoms with van der Waals surface area (Å²) in [5, 5.41) is 8.94. The minimum atomic E-state index is -0.370. The highest BCUT2D eigenvalue weighted by atomic mass is 32.1. The number of amides is 1. The van der Waals surface area contributed by atoms with Gasteiger partial charge >= 0.3 is 0 Å². The van der Waals surface area contributed by atoms with Gasteiger partial charge < -0.3 is 10.6 Å². The second kappa shape index (κ2) is 8.24. The number of rotatable bonds is 5. The van der Waals surface area contributed by atoms with E-state index in [-0.39, 0.29) is 11.7 Å². The molecule has 1 amide bonds. The maximum Gasteiger partial charge on any atom is 0.255 e. The van der Waals surface area contributed by atoms with Crippen LogP contribution in [0.3, 0.4) is 0 Å². The minimum absolute atomic E-state index is 0.281. The Hall–Kier alpha value is -3.51. The van der Waals surface area contributed by atoms with Gasteiger partial charge in [0, 0.05) is 27.9 Å². The first kappa shape index (κ1) is 18.8. The summed E-state index contributed by atoms with van der Waals surface area (Å²) in [5.41, 5.74) is 5.08. The van der Waals surface area contributed by atoms with E-state index in [9.17, 15) is 9.18 Å². The van der Waals surface area contributed by atoms with Gasteiger partial charge in [0.1, 0.15) is 5.82 Å². The monoisotopic (exact) mass is 403 g/mol. The average molecular weight is 403 g/mol. The smallest absolute Gasteiger partial charge is 0.255 e. The van der Waals surface area contributed by atoms with Gasteiger partial charge in [-0.3, -0.25) is 4.79 Å². The summed E-state index contributed by atoms with van der Waals surface area (Å²) in [6, 6.07) is 21.0. The zero-order valence-corrected chi connectivity index (χ0v) is 16.5. The van der Waals surface area contributed by atoms with Crippen molar-refractivity contribution >= 4 is 33.8 Å². The molecular formula is C23H18FN3OS. The Balaban J connectivity index is 1.43. The lowest BCUT2D eigenvalue weighted by molar-refractivity contribution is 0.102. The lowest BCUT2D eigenvalue weighted by Crippen LogP contribution is -2.11. The number of halogens is 1. The van der Waals surface area contributed by atoms with Gasteiger partial charge in [0.2, 0.25) is 0 Å². The van der Waals surface area contributed by atoms with Crippen LogP contribution in [0, 0.1) is 12.7 Å². The molecule has 4 rings (SSSR count). The van der Waals surface area contributed by atoms with Crippen LogP contribution in [0.15, 0.2) is 78.2 Å². The third kappa shape index (κ3) is 4.67. The normalized spacial score (nSPS) is 10.6. The van der Waals surface area contributed by atoms with Crippen LogP contribution >= 0.6 is 11.3 Å². The first-order chi connectivity index (χ1) is 14.1. The largest absolute Gasteiger partial charge is 0.332 e. The van der Waals surface area contributed by atoms with E-state index >= 15 is 0 Å². The molecule has 3 aromatic carbocycles. The summed E-state index contributed by atoms with van der Waals surface area (Å²) in [6.07, 6.45) is 0. The summed E-state index contributed by atoms with van der Waals surface area (Å²) in [4.78, 5) is 16.9. The van der Waals surface area contributed by atoms with Gasteiger partial charge in [-0.1, -0.05) is 24.3 Å². The highest BCUT2D eigenvalue weighted by Gasteiger charge is 2.08. The minimum Gasteiger partial charge on any atom is -0.332 e. The molecule has 6 heteroatoms. The highest BCUT2D eigenvalue weighted by molar-refractivity contribution is 7.14. The number of aryl methyl sites for hydroxylation is 1. The number of aromatic nitrogens is 1. The van der Waals surface area contributed by atoms with Gasteiger partial charge in [0.15, 0.2) is 5.13 Å². The van der Waals surface area contributed by atoms with Crippen molar-refractivity contribution in [3.8, 4) is 11.3 Å². The SMILES string of the molecule is Cc1cccc(Nc2nc(-c3ccc(NC(=O)c4ccc(F)cc4)cc3)cs2)c1. The fraction of sp³-hybridized carbons (Fsp3) is 0.0435. The summed E-state index contributed by atoms with van der Waals surface area (Å²) in [6.45, 7) is 2.05. The van der Waals surface area contributed by atoms with Crippen molar-refractivity contribution in [3.05, 3.63) is 95.1 Å². The van der Waals surface area contributed by atoms with Crippen LogP contribution in [0.5, 0.6) is 0 Å². The Morgan fingerprint density at radius 3 is 2.45 bits per heavy atom. The molecule has 0 atom stereocenters. The van der Waals surface area contributed by atoms with E-state index in [4.69, 9.17) is 0 Å². The number of nitrogens with zero attached hydrogens (tertiary/aromatic N) is 1. The molecule has 0 aliphatic heterocycles. The summed E-state index contributed by atoms with van der Waals surface area (Å²) < 4.78 is 13.0. The Labute approximate surface area is 172 Å². The molecule has 144 valence electrons. The van der Waals surface area contributed by atoms with E-state index in [0.29, 0.717) is 11.3 Å². The number of anilines is 3. The maximum atomic E-state index is 13.0. The lowest BCUT2D eigenvalue weighted by atomic mass is 10.1. The van der Waals surface area contributed by atoms with E-state index in [1.807, 2.05) is 41.8 Å². The van der Waals surface area contributed by atoms with Crippen molar-refractivity contribution in [3.63, 3.8) is 0 Å². The molecule has 0 aliphatic carbocycles. The van der Waals surface area contributed by atoms with Crippen LogP contribution in [0.25, 0.3) is 11.3 Å². The summed E-state index contributed by atoms with van der Waals surface area (Å²) in [7, 11) is 0. The van der Waals surface area contributed by atoms with Crippen LogP contribution < -0.4 is 10.6 Å². The molecule has 4 aromatic rings. The topological polar surface area (TPSA) is 54.0 Å². The van der Waals surface area contributed by atoms with Crippen LogP contribution in [0.4, 0.5) is 20.9 Å². The van der Waals surface area contributed by atoms with Crippen molar-refractivity contribution in [1.82, 2.24) is 4.98 Å². The number of thiazole rings is 1. The van der Waals surface area contributed by atoms with Crippen molar-refractivity contribution in [2.75, 3.05) is 10.6 Å². The maximum absolute atomic E-state index is 13.0. The van der Waals surface area contributed by atoms with E-state index in [0.717, 1.165) is 22.1 Å². The fourth-order valence-electron chi connectivity index (χ4n) is 2.84. The average Bonchev–Trinajstić information content (AvgIpc) is 3.17. The third-order valence-electron chi connectivity index (χ3n) is 4.32. The van der Waals surface area contributed by atoms with E-state index in [2.05, 4.69) is 34.7 Å². The Bertz CT molecular complexity index is 1140. The second-order valence-corrected chi connectivity index (χ2v) is 7.43. The fourth-order valence-corrected chi connectivity index (χ4v) is 3.58. The van der Waals surface area contributed by atoms with Crippen molar-refractivity contribution in [2.24, 2.45) is 0 Å². The van der Waals surface area contributed by atoms with E-state index in [1.54, 1.807) is 0 Å². The molecule has 1 heterocycles. The molecule has 2 N–H and O–H groups in total. The van der Waals surface area contributed by atoms with Gasteiger partial charge in [-0.15, -0.1) is 11.3 Å². The number of carbonyl (C=O) groups excluding carboxylic acids is 1. The van der Waals surface area contributed by atoms with Crippen LogP contribution in [0.2, 0.25) is 0 Å². The van der Waals surface area contributed by atoms with Crippen molar-refractivity contribution < 1.29 is 9.18 Å². The second-order valence-electron chi connectivity index (χ2n) is 6.57. The first-order valence-corrected chi connectivity index (χ1v) is 9.91. The van der Waals surface area contributed by atoms with Crippen LogP contribution in [0.1, 0.15) is 15.9 Å². The molecule has 0 fully saturated rings. The molecular weight excluding hydrogens is 385 g/mol. The van der Waals surface area contributed by atoms with Crippen molar-refractivity contribution in [2.45, 2.75) is 6.92 Å². The third-order valence-corrected chi connectivity index (χ3v) is 5.08. The summed E-state index contributed by atoms with van der Waals surface area (Å²) in [5.74, 6) is -0.651. The molecule has 0 saturated heterocycles. The van der Waals surface area contributed by atoms with Crippen LogP contribution in [-0.4, -0.2) is 10.9 Å². The Morgan fingerprint density at radius 1 is 0.966 bits per heavy atom. The lowest BCUT2D eigenvalue weighted by Gasteiger charge is -2.06. The number of hydrogen-bond donors (Lipinski definition) is 2. The van der Waals surface area contributed by atoms with E-state index < -0.39 is 0 Å². The highest BCUT2D eigenvalue weighted by Crippen LogP contribution is 2.28. The molecule has 4 nitrogen and oxygen atoms in total. The summed E-state index contributed by atoms with van der Waals surface area (Å²) >= 11 is 1.54. The number of carbonyl (C=O) groups is 1. The van der Waals surface area contributed by atoms with Gasteiger partial charge in [0.05, 0.1) is 5.69 Å². The molecule has 0 aliphatic rings.